The van der Waals surface area contributed by atoms with Crippen LogP contribution in [0, 0.1) is 0 Å². The quantitative estimate of drug-likeness (QED) is 0.558. The van der Waals surface area contributed by atoms with Gasteiger partial charge in [-0.05, 0) is 6.42 Å². The average molecular weight is 136 g/mol. The molecule has 3 nitrogen and oxygen atoms in total. The fourth-order valence-corrected chi connectivity index (χ4v) is 0.728. The molecule has 0 aromatic carbocycles. The van der Waals surface area contributed by atoms with Crippen LogP contribution in [-0.2, 0) is 4.57 Å². The standard InChI is InChI=1S/C4H9O3P/c1-2-3-4-8(5,6)7/h3-4H,2H2,1H3,(H2,5,6,7). The Balaban J connectivity index is 3.71. The minimum Gasteiger partial charge on any atom is -0.321 e. The molecule has 0 aliphatic carbocycles. The van der Waals surface area contributed by atoms with Crippen LogP contribution < -0.4 is 0 Å². The van der Waals surface area contributed by atoms with Crippen molar-refractivity contribution in [3.05, 3.63) is 11.9 Å². The molecular weight excluding hydrogens is 127 g/mol. The Bertz CT molecular complexity index is 123. The third-order valence-electron chi connectivity index (χ3n) is 0.535. The van der Waals surface area contributed by atoms with Gasteiger partial charge in [0.2, 0.25) is 0 Å². The summed E-state index contributed by atoms with van der Waals surface area (Å²) in [4.78, 5) is 16.3. The van der Waals surface area contributed by atoms with Crippen molar-refractivity contribution in [2.24, 2.45) is 0 Å². The zero-order chi connectivity index (χ0) is 6.62. The van der Waals surface area contributed by atoms with Crippen LogP contribution in [0.5, 0.6) is 0 Å². The van der Waals surface area contributed by atoms with Crippen LogP contribution in [0.3, 0.4) is 0 Å². The molecule has 0 saturated heterocycles. The van der Waals surface area contributed by atoms with E-state index < -0.39 is 7.60 Å². The van der Waals surface area contributed by atoms with Crippen molar-refractivity contribution in [1.82, 2.24) is 0 Å². The van der Waals surface area contributed by atoms with Gasteiger partial charge in [0.05, 0.1) is 0 Å². The smallest absolute Gasteiger partial charge is 0.321 e. The zero-order valence-corrected chi connectivity index (χ0v) is 5.51. The highest BCUT2D eigenvalue weighted by atomic mass is 31.2. The maximum absolute atomic E-state index is 10.00. The molecule has 0 radical (unpaired) electrons. The summed E-state index contributed by atoms with van der Waals surface area (Å²) in [5.41, 5.74) is 0. The molecule has 0 spiro atoms. The molecule has 0 aromatic heterocycles. The van der Waals surface area contributed by atoms with E-state index in [-0.39, 0.29) is 0 Å². The minimum absolute atomic E-state index is 0.658. The summed E-state index contributed by atoms with van der Waals surface area (Å²) in [7, 11) is -3.86. The summed E-state index contributed by atoms with van der Waals surface area (Å²) in [6, 6.07) is 0. The van der Waals surface area contributed by atoms with Crippen LogP contribution in [0.2, 0.25) is 0 Å². The fraction of sp³-hybridized carbons (Fsp3) is 0.500. The maximum atomic E-state index is 10.00. The molecule has 0 heterocycles. The lowest BCUT2D eigenvalue weighted by Crippen LogP contribution is -1.66. The first-order chi connectivity index (χ1) is 3.56. The predicted molar refractivity (Wildman–Crippen MR) is 31.5 cm³/mol. The van der Waals surface area contributed by atoms with E-state index >= 15 is 0 Å². The SMILES string of the molecule is CCC=CP(=O)(O)O. The van der Waals surface area contributed by atoms with Gasteiger partial charge in [0, 0.05) is 5.82 Å². The molecule has 0 unspecified atom stereocenters. The molecule has 0 bridgehead atoms. The molecule has 4 heteroatoms. The summed E-state index contributed by atoms with van der Waals surface area (Å²) in [6.07, 6.45) is 2.10. The number of rotatable bonds is 2. The second-order valence-corrected chi connectivity index (χ2v) is 2.86. The van der Waals surface area contributed by atoms with Gasteiger partial charge in [0.25, 0.3) is 0 Å². The zero-order valence-electron chi connectivity index (χ0n) is 4.61. The molecule has 0 aliphatic heterocycles. The van der Waals surface area contributed by atoms with Crippen LogP contribution in [-0.4, -0.2) is 9.79 Å². The van der Waals surface area contributed by atoms with E-state index in [4.69, 9.17) is 9.79 Å². The molecule has 0 fully saturated rings. The Morgan fingerprint density at radius 2 is 2.12 bits per heavy atom. The molecule has 0 atom stereocenters. The summed E-state index contributed by atoms with van der Waals surface area (Å²) >= 11 is 0. The van der Waals surface area contributed by atoms with Gasteiger partial charge in [0.1, 0.15) is 0 Å². The van der Waals surface area contributed by atoms with Gasteiger partial charge in [0.15, 0.2) is 0 Å². The highest BCUT2D eigenvalue weighted by Gasteiger charge is 2.03. The molecule has 0 aliphatic rings. The highest BCUT2D eigenvalue weighted by Crippen LogP contribution is 2.35. The van der Waals surface area contributed by atoms with Crippen molar-refractivity contribution in [1.29, 1.82) is 0 Å². The third-order valence-corrected chi connectivity index (χ3v) is 1.13. The first kappa shape index (κ1) is 7.89. The van der Waals surface area contributed by atoms with Crippen molar-refractivity contribution in [2.45, 2.75) is 13.3 Å². The number of allylic oxidation sites excluding steroid dienone is 1. The largest absolute Gasteiger partial charge is 0.348 e. The molecule has 0 aromatic rings. The predicted octanol–water partition coefficient (Wildman–Crippen LogP) is 1.09. The van der Waals surface area contributed by atoms with E-state index in [9.17, 15) is 4.57 Å². The van der Waals surface area contributed by atoms with Crippen LogP contribution in [0.4, 0.5) is 0 Å². The Morgan fingerprint density at radius 1 is 1.62 bits per heavy atom. The number of hydrogen-bond donors (Lipinski definition) is 2. The fourth-order valence-electron chi connectivity index (χ4n) is 0.243. The summed E-state index contributed by atoms with van der Waals surface area (Å²) < 4.78 is 10.00. The van der Waals surface area contributed by atoms with Crippen LogP contribution in [0.15, 0.2) is 11.9 Å². The van der Waals surface area contributed by atoms with Gasteiger partial charge in [-0.3, -0.25) is 4.57 Å². The van der Waals surface area contributed by atoms with Gasteiger partial charge in [-0.2, -0.15) is 0 Å². The summed E-state index contributed by atoms with van der Waals surface area (Å²) in [5.74, 6) is 0.910. The van der Waals surface area contributed by atoms with Crippen LogP contribution in [0.1, 0.15) is 13.3 Å². The normalized spacial score (nSPS) is 12.9. The lowest BCUT2D eigenvalue weighted by molar-refractivity contribution is 0.386. The maximum Gasteiger partial charge on any atom is 0.348 e. The van der Waals surface area contributed by atoms with Crippen LogP contribution >= 0.6 is 7.60 Å². The van der Waals surface area contributed by atoms with E-state index in [0.717, 1.165) is 5.82 Å². The van der Waals surface area contributed by atoms with E-state index in [0.29, 0.717) is 6.42 Å². The molecule has 8 heavy (non-hydrogen) atoms. The van der Waals surface area contributed by atoms with E-state index in [2.05, 4.69) is 0 Å². The van der Waals surface area contributed by atoms with Gasteiger partial charge in [-0.1, -0.05) is 13.0 Å². The van der Waals surface area contributed by atoms with E-state index in [1.807, 2.05) is 6.92 Å². The molecule has 2 N–H and O–H groups in total. The minimum atomic E-state index is -3.86. The summed E-state index contributed by atoms with van der Waals surface area (Å²) in [5, 5.41) is 0. The first-order valence-corrected chi connectivity index (χ1v) is 3.97. The average Bonchev–Trinajstić information content (AvgIpc) is 1.59. The molecule has 0 rings (SSSR count). The van der Waals surface area contributed by atoms with Crippen molar-refractivity contribution < 1.29 is 14.4 Å². The van der Waals surface area contributed by atoms with Crippen LogP contribution in [0.25, 0.3) is 0 Å². The lowest BCUT2D eigenvalue weighted by Gasteiger charge is -1.90. The second kappa shape index (κ2) is 3.02. The Hall–Kier alpha value is -0.110. The highest BCUT2D eigenvalue weighted by molar-refractivity contribution is 7.55. The third kappa shape index (κ3) is 5.89. The van der Waals surface area contributed by atoms with Crippen molar-refractivity contribution >= 4 is 7.60 Å². The second-order valence-electron chi connectivity index (χ2n) is 1.38. The van der Waals surface area contributed by atoms with Crippen molar-refractivity contribution in [2.75, 3.05) is 0 Å². The Labute approximate surface area is 48.2 Å². The van der Waals surface area contributed by atoms with Gasteiger partial charge >= 0.3 is 7.60 Å². The number of hydrogen-bond acceptors (Lipinski definition) is 1. The van der Waals surface area contributed by atoms with Gasteiger partial charge < -0.3 is 9.79 Å². The summed E-state index contributed by atoms with van der Waals surface area (Å²) in [6.45, 7) is 1.81. The molecule has 0 saturated carbocycles. The van der Waals surface area contributed by atoms with E-state index in [1.165, 1.54) is 6.08 Å². The van der Waals surface area contributed by atoms with Gasteiger partial charge in [-0.15, -0.1) is 0 Å². The van der Waals surface area contributed by atoms with Crippen molar-refractivity contribution in [3.8, 4) is 0 Å². The van der Waals surface area contributed by atoms with E-state index in [1.54, 1.807) is 0 Å². The molecular formula is C4H9O3P. The monoisotopic (exact) mass is 136 g/mol. The first-order valence-electron chi connectivity index (χ1n) is 2.29. The van der Waals surface area contributed by atoms with Crippen molar-refractivity contribution in [3.63, 3.8) is 0 Å². The lowest BCUT2D eigenvalue weighted by atomic mass is 10.5. The molecule has 0 amide bonds. The Morgan fingerprint density at radius 3 is 2.25 bits per heavy atom. The Kier molecular flexibility index (Phi) is 2.98. The topological polar surface area (TPSA) is 57.5 Å². The van der Waals surface area contributed by atoms with Gasteiger partial charge in [-0.25, -0.2) is 0 Å². The molecule has 48 valence electrons.